The summed E-state index contributed by atoms with van der Waals surface area (Å²) in [5.74, 6) is -1.78. The highest BCUT2D eigenvalue weighted by molar-refractivity contribution is 6.01. The van der Waals surface area contributed by atoms with Gasteiger partial charge in [-0.25, -0.2) is 4.79 Å². The van der Waals surface area contributed by atoms with Crippen molar-refractivity contribution in [3.8, 4) is 0 Å². The van der Waals surface area contributed by atoms with E-state index in [1.807, 2.05) is 73.7 Å². The summed E-state index contributed by atoms with van der Waals surface area (Å²) in [6.45, 7) is 9.40. The molecule has 0 saturated heterocycles. The van der Waals surface area contributed by atoms with Crippen LogP contribution in [0.1, 0.15) is 83.4 Å². The van der Waals surface area contributed by atoms with Gasteiger partial charge >= 0.3 is 6.09 Å². The molecule has 9 nitrogen and oxygen atoms in total. The van der Waals surface area contributed by atoms with Crippen molar-refractivity contribution in [3.63, 3.8) is 0 Å². The zero-order valence-corrected chi connectivity index (χ0v) is 26.5. The molecule has 0 heterocycles. The number of nitrogens with two attached hydrogens (primary N) is 1. The van der Waals surface area contributed by atoms with Crippen LogP contribution in [0.2, 0.25) is 0 Å². The maximum Gasteiger partial charge on any atom is 0.408 e. The molecule has 3 rings (SSSR count). The van der Waals surface area contributed by atoms with Gasteiger partial charge in [0.05, 0.1) is 6.42 Å². The molecule has 0 spiro atoms. The lowest BCUT2D eigenvalue weighted by atomic mass is 10.00. The average molecular weight is 603 g/mol. The second-order valence-corrected chi connectivity index (χ2v) is 12.2. The Bertz CT molecular complexity index is 1430. The molecule has 0 aliphatic heterocycles. The quantitative estimate of drug-likeness (QED) is 0.184. The van der Waals surface area contributed by atoms with Gasteiger partial charge in [0.15, 0.2) is 0 Å². The Morgan fingerprint density at radius 1 is 0.886 bits per heavy atom. The van der Waals surface area contributed by atoms with Gasteiger partial charge in [0, 0.05) is 12.2 Å². The van der Waals surface area contributed by atoms with Gasteiger partial charge in [0.1, 0.15) is 17.7 Å². The van der Waals surface area contributed by atoms with E-state index < -0.39 is 47.9 Å². The van der Waals surface area contributed by atoms with E-state index in [-0.39, 0.29) is 6.54 Å². The fourth-order valence-corrected chi connectivity index (χ4v) is 5.00. The first kappa shape index (κ1) is 34.1. The predicted octanol–water partition coefficient (Wildman–Crippen LogP) is 6.40. The summed E-state index contributed by atoms with van der Waals surface area (Å²) in [5.41, 5.74) is 6.88. The molecule has 0 aromatic heterocycles. The molecule has 4 N–H and O–H groups in total. The van der Waals surface area contributed by atoms with E-state index in [1.165, 1.54) is 4.90 Å². The van der Waals surface area contributed by atoms with Crippen molar-refractivity contribution < 1.29 is 23.9 Å². The van der Waals surface area contributed by atoms with E-state index in [4.69, 9.17) is 10.5 Å². The fraction of sp³-hybridized carbons (Fsp3) is 0.429. The van der Waals surface area contributed by atoms with Crippen LogP contribution in [0.25, 0.3) is 10.8 Å². The van der Waals surface area contributed by atoms with Crippen LogP contribution in [-0.2, 0) is 19.1 Å². The van der Waals surface area contributed by atoms with Crippen molar-refractivity contribution in [2.24, 2.45) is 5.73 Å². The number of alkyl carbamates (subject to hydrolysis) is 1. The van der Waals surface area contributed by atoms with Gasteiger partial charge in [-0.1, -0.05) is 92.8 Å². The third kappa shape index (κ3) is 10.4. The number of primary amides is 1. The van der Waals surface area contributed by atoms with E-state index in [9.17, 15) is 19.2 Å². The Balaban J connectivity index is 2.02. The molecule has 0 aliphatic rings. The Morgan fingerprint density at radius 3 is 2.18 bits per heavy atom. The standard InChI is InChI=1S/C35H46N4O5/c1-6-7-8-9-12-21-39(33(42)29(23-30(36)40)38-34(43)44-35(3,4)5)31(26-17-15-24(2)16-18-26)32(41)37-28-20-19-25-13-10-11-14-27(25)22-28/h10-11,13-20,22,29,31H,6-9,12,21,23H2,1-5H3,(H2,36,40)(H,37,41)(H,38,43). The zero-order chi connectivity index (χ0) is 32.3. The molecule has 236 valence electrons. The molecule has 4 amide bonds. The van der Waals surface area contributed by atoms with Gasteiger partial charge in [0.2, 0.25) is 11.8 Å². The third-order valence-corrected chi connectivity index (χ3v) is 7.15. The van der Waals surface area contributed by atoms with Crippen LogP contribution in [-0.4, -0.2) is 46.9 Å². The summed E-state index contributed by atoms with van der Waals surface area (Å²) < 4.78 is 5.37. The van der Waals surface area contributed by atoms with E-state index in [0.717, 1.165) is 42.0 Å². The summed E-state index contributed by atoms with van der Waals surface area (Å²) in [7, 11) is 0. The first-order valence-electron chi connectivity index (χ1n) is 15.3. The average Bonchev–Trinajstić information content (AvgIpc) is 2.95. The van der Waals surface area contributed by atoms with Crippen molar-refractivity contribution in [3.05, 3.63) is 77.9 Å². The lowest BCUT2D eigenvalue weighted by Crippen LogP contribution is -2.53. The normalized spacial score (nSPS) is 12.7. The monoisotopic (exact) mass is 602 g/mol. The van der Waals surface area contributed by atoms with Crippen molar-refractivity contribution in [2.75, 3.05) is 11.9 Å². The van der Waals surface area contributed by atoms with Crippen LogP contribution >= 0.6 is 0 Å². The molecule has 2 unspecified atom stereocenters. The Morgan fingerprint density at radius 2 is 1.55 bits per heavy atom. The lowest BCUT2D eigenvalue weighted by molar-refractivity contribution is -0.142. The second kappa shape index (κ2) is 15.9. The van der Waals surface area contributed by atoms with Gasteiger partial charge in [-0.05, 0) is 62.6 Å². The van der Waals surface area contributed by atoms with Crippen molar-refractivity contribution in [1.29, 1.82) is 0 Å². The highest BCUT2D eigenvalue weighted by Gasteiger charge is 2.37. The fourth-order valence-electron chi connectivity index (χ4n) is 5.00. The Labute approximate surface area is 260 Å². The molecule has 0 radical (unpaired) electrons. The number of carbonyl (C=O) groups is 4. The molecule has 0 saturated carbocycles. The first-order chi connectivity index (χ1) is 20.9. The number of hydrogen-bond acceptors (Lipinski definition) is 5. The molecule has 9 heteroatoms. The smallest absolute Gasteiger partial charge is 0.408 e. The van der Waals surface area contributed by atoms with Gasteiger partial charge < -0.3 is 26.0 Å². The van der Waals surface area contributed by atoms with E-state index in [0.29, 0.717) is 17.7 Å². The topological polar surface area (TPSA) is 131 Å². The molecule has 3 aromatic carbocycles. The Hall–Kier alpha value is -4.40. The minimum absolute atomic E-state index is 0.234. The van der Waals surface area contributed by atoms with E-state index in [1.54, 1.807) is 20.8 Å². The van der Waals surface area contributed by atoms with Gasteiger partial charge in [-0.3, -0.25) is 14.4 Å². The molecule has 0 fully saturated rings. The minimum atomic E-state index is -1.32. The van der Waals surface area contributed by atoms with Gasteiger partial charge in [-0.2, -0.15) is 0 Å². The highest BCUT2D eigenvalue weighted by atomic mass is 16.6. The van der Waals surface area contributed by atoms with E-state index >= 15 is 0 Å². The molecular formula is C35H46N4O5. The lowest BCUT2D eigenvalue weighted by Gasteiger charge is -2.34. The van der Waals surface area contributed by atoms with Crippen LogP contribution in [0.4, 0.5) is 10.5 Å². The second-order valence-electron chi connectivity index (χ2n) is 12.2. The number of unbranched alkanes of at least 4 members (excludes halogenated alkanes) is 4. The number of fused-ring (bicyclic) bond motifs is 1. The van der Waals surface area contributed by atoms with Crippen molar-refractivity contribution in [2.45, 2.75) is 90.8 Å². The Kier molecular flexibility index (Phi) is 12.3. The van der Waals surface area contributed by atoms with Crippen LogP contribution in [0.3, 0.4) is 0 Å². The van der Waals surface area contributed by atoms with Crippen LogP contribution in [0.15, 0.2) is 66.7 Å². The summed E-state index contributed by atoms with van der Waals surface area (Å²) in [4.78, 5) is 54.7. The highest BCUT2D eigenvalue weighted by Crippen LogP contribution is 2.27. The summed E-state index contributed by atoms with van der Waals surface area (Å²) in [6, 6.07) is 18.5. The summed E-state index contributed by atoms with van der Waals surface area (Å²) >= 11 is 0. The third-order valence-electron chi connectivity index (χ3n) is 7.15. The number of nitrogens with one attached hydrogen (secondary N) is 2. The van der Waals surface area contributed by atoms with E-state index in [2.05, 4.69) is 17.6 Å². The number of nitrogens with zero attached hydrogens (tertiary/aromatic N) is 1. The number of benzene rings is 3. The number of ether oxygens (including phenoxy) is 1. The van der Waals surface area contributed by atoms with Crippen molar-refractivity contribution in [1.82, 2.24) is 10.2 Å². The largest absolute Gasteiger partial charge is 0.444 e. The molecule has 3 aromatic rings. The number of anilines is 1. The SMILES string of the molecule is CCCCCCCN(C(=O)C(CC(N)=O)NC(=O)OC(C)(C)C)C(C(=O)Nc1ccc2ccccc2c1)c1ccc(C)cc1. The molecule has 0 bridgehead atoms. The van der Waals surface area contributed by atoms with Crippen LogP contribution in [0, 0.1) is 6.92 Å². The summed E-state index contributed by atoms with van der Waals surface area (Å²) in [6.07, 6.45) is 3.28. The number of aryl methyl sites for hydroxylation is 1. The molecule has 2 atom stereocenters. The molecular weight excluding hydrogens is 556 g/mol. The van der Waals surface area contributed by atoms with Crippen molar-refractivity contribution >= 4 is 40.3 Å². The van der Waals surface area contributed by atoms with Gasteiger partial charge in [0.25, 0.3) is 5.91 Å². The maximum atomic E-state index is 14.3. The maximum absolute atomic E-state index is 14.3. The van der Waals surface area contributed by atoms with Gasteiger partial charge in [-0.15, -0.1) is 0 Å². The first-order valence-corrected chi connectivity index (χ1v) is 15.3. The minimum Gasteiger partial charge on any atom is -0.444 e. The van der Waals surface area contributed by atoms with Crippen LogP contribution < -0.4 is 16.4 Å². The summed E-state index contributed by atoms with van der Waals surface area (Å²) in [5, 5.41) is 7.54. The number of amides is 4. The number of rotatable bonds is 14. The number of carbonyl (C=O) groups excluding carboxylic acids is 4. The zero-order valence-electron chi connectivity index (χ0n) is 26.5. The molecule has 44 heavy (non-hydrogen) atoms. The predicted molar refractivity (Wildman–Crippen MR) is 174 cm³/mol. The van der Waals surface area contributed by atoms with Crippen LogP contribution in [0.5, 0.6) is 0 Å². The molecule has 0 aliphatic carbocycles. The number of hydrogen-bond donors (Lipinski definition) is 3.